The highest BCUT2D eigenvalue weighted by Crippen LogP contribution is 2.23. The molecule has 174 valence electrons. The number of carbonyl (C=O) groups is 3. The molecule has 2 aromatic carbocycles. The van der Waals surface area contributed by atoms with Crippen molar-refractivity contribution in [2.45, 2.75) is 45.6 Å². The Morgan fingerprint density at radius 1 is 1.00 bits per heavy atom. The van der Waals surface area contributed by atoms with Crippen LogP contribution in [0.1, 0.15) is 45.1 Å². The minimum atomic E-state index is -0.621. The normalized spacial score (nSPS) is 14.2. The monoisotopic (exact) mass is 448 g/mol. The zero-order valence-corrected chi connectivity index (χ0v) is 19.3. The molecule has 0 spiro atoms. The second-order valence-corrected chi connectivity index (χ2v) is 8.22. The van der Waals surface area contributed by atoms with E-state index in [0.29, 0.717) is 12.1 Å². The van der Waals surface area contributed by atoms with E-state index in [1.807, 2.05) is 25.1 Å². The minimum absolute atomic E-state index is 0.138. The Balaban J connectivity index is 1.58. The van der Waals surface area contributed by atoms with Crippen LogP contribution in [0.5, 0.6) is 0 Å². The molecule has 1 saturated heterocycles. The summed E-state index contributed by atoms with van der Waals surface area (Å²) in [5.41, 5.74) is 3.34. The highest BCUT2D eigenvalue weighted by molar-refractivity contribution is 6.00. The van der Waals surface area contributed by atoms with Gasteiger partial charge in [0.05, 0.1) is 0 Å². The lowest BCUT2D eigenvalue weighted by atomic mass is 10.1. The first-order chi connectivity index (χ1) is 15.9. The van der Waals surface area contributed by atoms with Crippen LogP contribution in [0.2, 0.25) is 0 Å². The number of rotatable bonds is 9. The topological polar surface area (TPSA) is 90.5 Å². The third kappa shape index (κ3) is 7.49. The number of amides is 3. The molecular formula is C26H32N4O3. The Labute approximate surface area is 195 Å². The van der Waals surface area contributed by atoms with Gasteiger partial charge in [-0.25, -0.2) is 0 Å². The second kappa shape index (κ2) is 11.9. The predicted molar refractivity (Wildman–Crippen MR) is 133 cm³/mol. The standard InChI is InChI=1S/C26H32N4O3/c1-3-7-24(26(33)28-22-8-6-9-23(18-22)30-16-4-5-17-30)29-25(32)15-12-20-10-13-21(14-11-20)27-19(2)31/h6,8-15,18,24H,3-5,7,16-17H2,1-2H3,(H,27,31)(H,28,33)(H,29,32)/b15-12+. The minimum Gasteiger partial charge on any atom is -0.371 e. The Hall–Kier alpha value is -3.61. The SMILES string of the molecule is CCCC(NC(=O)/C=C/c1ccc(NC(C)=O)cc1)C(=O)Nc1cccc(N2CCCC2)c1. The summed E-state index contributed by atoms with van der Waals surface area (Å²) in [5.74, 6) is -0.696. The maximum absolute atomic E-state index is 12.9. The van der Waals surface area contributed by atoms with Crippen LogP contribution >= 0.6 is 0 Å². The quantitative estimate of drug-likeness (QED) is 0.502. The van der Waals surface area contributed by atoms with Crippen molar-refractivity contribution in [2.75, 3.05) is 28.6 Å². The number of nitrogens with zero attached hydrogens (tertiary/aromatic N) is 1. The predicted octanol–water partition coefficient (Wildman–Crippen LogP) is 4.18. The number of benzene rings is 2. The first-order valence-electron chi connectivity index (χ1n) is 11.5. The summed E-state index contributed by atoms with van der Waals surface area (Å²) in [4.78, 5) is 38.7. The maximum atomic E-state index is 12.9. The van der Waals surface area contributed by atoms with Crippen LogP contribution in [0.4, 0.5) is 17.1 Å². The lowest BCUT2D eigenvalue weighted by Gasteiger charge is -2.20. The molecule has 7 heteroatoms. The van der Waals surface area contributed by atoms with Gasteiger partial charge in [-0.1, -0.05) is 31.5 Å². The molecule has 0 aromatic heterocycles. The van der Waals surface area contributed by atoms with E-state index >= 15 is 0 Å². The molecule has 1 fully saturated rings. The summed E-state index contributed by atoms with van der Waals surface area (Å²) in [6.45, 7) is 5.50. The Morgan fingerprint density at radius 2 is 1.73 bits per heavy atom. The molecule has 1 aliphatic heterocycles. The third-order valence-electron chi connectivity index (χ3n) is 5.45. The largest absolute Gasteiger partial charge is 0.371 e. The summed E-state index contributed by atoms with van der Waals surface area (Å²) >= 11 is 0. The molecule has 0 bridgehead atoms. The molecule has 0 aliphatic carbocycles. The Kier molecular flexibility index (Phi) is 8.63. The van der Waals surface area contributed by atoms with Crippen LogP contribution in [0.25, 0.3) is 6.08 Å². The van der Waals surface area contributed by atoms with Gasteiger partial charge in [0.15, 0.2) is 0 Å². The van der Waals surface area contributed by atoms with Crippen molar-refractivity contribution in [3.05, 3.63) is 60.2 Å². The van der Waals surface area contributed by atoms with E-state index in [1.165, 1.54) is 25.8 Å². The van der Waals surface area contributed by atoms with E-state index in [1.54, 1.807) is 30.3 Å². The van der Waals surface area contributed by atoms with Gasteiger partial charge in [-0.3, -0.25) is 14.4 Å². The van der Waals surface area contributed by atoms with Gasteiger partial charge in [0.25, 0.3) is 0 Å². The fourth-order valence-corrected chi connectivity index (χ4v) is 3.82. The highest BCUT2D eigenvalue weighted by atomic mass is 16.2. The van der Waals surface area contributed by atoms with E-state index in [0.717, 1.165) is 36.4 Å². The number of anilines is 3. The van der Waals surface area contributed by atoms with Gasteiger partial charge in [0.1, 0.15) is 6.04 Å². The maximum Gasteiger partial charge on any atom is 0.246 e. The van der Waals surface area contributed by atoms with Crippen LogP contribution < -0.4 is 20.9 Å². The second-order valence-electron chi connectivity index (χ2n) is 8.22. The zero-order valence-electron chi connectivity index (χ0n) is 19.3. The number of hydrogen-bond donors (Lipinski definition) is 3. The molecule has 1 atom stereocenters. The molecule has 1 heterocycles. The molecule has 0 saturated carbocycles. The van der Waals surface area contributed by atoms with Crippen LogP contribution in [-0.2, 0) is 14.4 Å². The van der Waals surface area contributed by atoms with Crippen molar-refractivity contribution in [1.82, 2.24) is 5.32 Å². The van der Waals surface area contributed by atoms with Crippen molar-refractivity contribution < 1.29 is 14.4 Å². The molecule has 0 radical (unpaired) electrons. The molecule has 3 N–H and O–H groups in total. The lowest BCUT2D eigenvalue weighted by Crippen LogP contribution is -2.43. The molecule has 1 aliphatic rings. The first kappa shape index (κ1) is 24.0. The number of nitrogens with one attached hydrogen (secondary N) is 3. The molecule has 2 aromatic rings. The van der Waals surface area contributed by atoms with Crippen molar-refractivity contribution in [1.29, 1.82) is 0 Å². The van der Waals surface area contributed by atoms with Crippen molar-refractivity contribution >= 4 is 40.9 Å². The van der Waals surface area contributed by atoms with E-state index < -0.39 is 6.04 Å². The smallest absolute Gasteiger partial charge is 0.246 e. The summed E-state index contributed by atoms with van der Waals surface area (Å²) in [5, 5.41) is 8.46. The van der Waals surface area contributed by atoms with Crippen molar-refractivity contribution in [3.8, 4) is 0 Å². The summed E-state index contributed by atoms with van der Waals surface area (Å²) < 4.78 is 0. The zero-order chi connectivity index (χ0) is 23.6. The number of hydrogen-bond acceptors (Lipinski definition) is 4. The molecule has 33 heavy (non-hydrogen) atoms. The van der Waals surface area contributed by atoms with Crippen LogP contribution in [0.15, 0.2) is 54.6 Å². The summed E-state index contributed by atoms with van der Waals surface area (Å²) in [7, 11) is 0. The lowest BCUT2D eigenvalue weighted by molar-refractivity contribution is -0.123. The summed E-state index contributed by atoms with van der Waals surface area (Å²) in [6.07, 6.45) is 6.77. The van der Waals surface area contributed by atoms with E-state index in [2.05, 4.69) is 26.9 Å². The Morgan fingerprint density at radius 3 is 2.39 bits per heavy atom. The van der Waals surface area contributed by atoms with Gasteiger partial charge in [-0.15, -0.1) is 0 Å². The molecule has 1 unspecified atom stereocenters. The molecular weight excluding hydrogens is 416 g/mol. The first-order valence-corrected chi connectivity index (χ1v) is 11.5. The van der Waals surface area contributed by atoms with E-state index in [4.69, 9.17) is 0 Å². The van der Waals surface area contributed by atoms with Gasteiger partial charge in [-0.05, 0) is 61.2 Å². The van der Waals surface area contributed by atoms with Gasteiger partial charge in [-0.2, -0.15) is 0 Å². The van der Waals surface area contributed by atoms with Crippen LogP contribution in [0, 0.1) is 0 Å². The number of carbonyl (C=O) groups excluding carboxylic acids is 3. The molecule has 3 amide bonds. The third-order valence-corrected chi connectivity index (χ3v) is 5.45. The fourth-order valence-electron chi connectivity index (χ4n) is 3.82. The van der Waals surface area contributed by atoms with Gasteiger partial charge >= 0.3 is 0 Å². The van der Waals surface area contributed by atoms with Crippen molar-refractivity contribution in [2.24, 2.45) is 0 Å². The van der Waals surface area contributed by atoms with Gasteiger partial charge < -0.3 is 20.9 Å². The molecule has 3 rings (SSSR count). The van der Waals surface area contributed by atoms with Crippen LogP contribution in [-0.4, -0.2) is 36.9 Å². The average molecular weight is 449 g/mol. The molecule has 7 nitrogen and oxygen atoms in total. The highest BCUT2D eigenvalue weighted by Gasteiger charge is 2.20. The Bertz CT molecular complexity index is 995. The summed E-state index contributed by atoms with van der Waals surface area (Å²) in [6, 6.07) is 14.4. The van der Waals surface area contributed by atoms with Crippen LogP contribution in [0.3, 0.4) is 0 Å². The van der Waals surface area contributed by atoms with Crippen molar-refractivity contribution in [3.63, 3.8) is 0 Å². The van der Waals surface area contributed by atoms with Gasteiger partial charge in [0.2, 0.25) is 17.7 Å². The van der Waals surface area contributed by atoms with E-state index in [9.17, 15) is 14.4 Å². The fraction of sp³-hybridized carbons (Fsp3) is 0.346. The average Bonchev–Trinajstić information content (AvgIpc) is 3.33. The van der Waals surface area contributed by atoms with E-state index in [-0.39, 0.29) is 17.7 Å². The van der Waals surface area contributed by atoms with Gasteiger partial charge in [0, 0.05) is 43.2 Å².